The largest absolute Gasteiger partial charge is 0.478 e. The third kappa shape index (κ3) is 0.483. The van der Waals surface area contributed by atoms with Gasteiger partial charge in [-0.25, -0.2) is 0 Å². The van der Waals surface area contributed by atoms with E-state index in [2.05, 4.69) is 20.8 Å². The molecule has 0 aromatic carbocycles. The topological polar surface area (TPSA) is 12.5 Å². The molecule has 1 saturated carbocycles. The zero-order valence-corrected chi connectivity index (χ0v) is 8.40. The number of alkyl halides is 1. The molecule has 1 nitrogen and oxygen atoms in total. The normalized spacial score (nSPS) is 52.3. The lowest BCUT2D eigenvalue weighted by Gasteiger charge is -2.09. The molecular formula is C10H13ClO. The third-order valence-corrected chi connectivity index (χ3v) is 4.57. The van der Waals surface area contributed by atoms with Gasteiger partial charge in [-0.2, -0.15) is 0 Å². The standard InChI is InChI=1S/C10H13ClO/c1-5-6(11)4-7-9(2,3)10(7)8(5)12-10/h6-7H,4H2,1-3H3. The Morgan fingerprint density at radius 1 is 1.50 bits per heavy atom. The van der Waals surface area contributed by atoms with Crippen LogP contribution < -0.4 is 0 Å². The van der Waals surface area contributed by atoms with Crippen molar-refractivity contribution in [2.45, 2.75) is 38.2 Å². The predicted molar refractivity (Wildman–Crippen MR) is 48.0 cm³/mol. The van der Waals surface area contributed by atoms with Crippen molar-refractivity contribution in [1.29, 1.82) is 0 Å². The molecule has 0 N–H and O–H groups in total. The van der Waals surface area contributed by atoms with E-state index in [0.29, 0.717) is 11.3 Å². The molecule has 3 unspecified atom stereocenters. The summed E-state index contributed by atoms with van der Waals surface area (Å²) in [7, 11) is 0. The molecule has 1 saturated heterocycles. The van der Waals surface area contributed by atoms with Crippen LogP contribution >= 0.6 is 11.6 Å². The molecule has 3 rings (SSSR count). The van der Waals surface area contributed by atoms with Gasteiger partial charge in [0.05, 0.1) is 5.38 Å². The molecule has 0 aromatic heterocycles. The first-order valence-corrected chi connectivity index (χ1v) is 5.00. The zero-order chi connectivity index (χ0) is 8.72. The average molecular weight is 185 g/mol. The van der Waals surface area contributed by atoms with Crippen molar-refractivity contribution in [3.05, 3.63) is 11.3 Å². The maximum atomic E-state index is 6.20. The van der Waals surface area contributed by atoms with Crippen molar-refractivity contribution in [2.24, 2.45) is 11.3 Å². The van der Waals surface area contributed by atoms with E-state index in [1.165, 1.54) is 11.3 Å². The number of hydrogen-bond donors (Lipinski definition) is 0. The molecule has 3 aliphatic rings. The zero-order valence-electron chi connectivity index (χ0n) is 7.65. The number of hydrogen-bond acceptors (Lipinski definition) is 1. The Morgan fingerprint density at radius 3 is 2.83 bits per heavy atom. The number of epoxide rings is 1. The molecule has 0 amide bonds. The van der Waals surface area contributed by atoms with Crippen LogP contribution in [0.25, 0.3) is 0 Å². The molecule has 0 radical (unpaired) electrons. The van der Waals surface area contributed by atoms with Gasteiger partial charge in [-0.15, -0.1) is 11.6 Å². The molecule has 2 aliphatic carbocycles. The minimum absolute atomic E-state index is 0.155. The van der Waals surface area contributed by atoms with Gasteiger partial charge in [0.15, 0.2) is 5.60 Å². The van der Waals surface area contributed by atoms with Gasteiger partial charge in [-0.1, -0.05) is 13.8 Å². The van der Waals surface area contributed by atoms with Crippen LogP contribution in [-0.2, 0) is 4.74 Å². The van der Waals surface area contributed by atoms with Gasteiger partial charge in [-0.3, -0.25) is 0 Å². The van der Waals surface area contributed by atoms with Crippen molar-refractivity contribution in [1.82, 2.24) is 0 Å². The summed E-state index contributed by atoms with van der Waals surface area (Å²) in [5, 5.41) is 0.224. The van der Waals surface area contributed by atoms with E-state index in [0.717, 1.165) is 6.42 Å². The Labute approximate surface area is 77.7 Å². The van der Waals surface area contributed by atoms with E-state index in [1.54, 1.807) is 0 Å². The molecule has 66 valence electrons. The molecule has 1 aliphatic heterocycles. The minimum atomic E-state index is 0.155. The van der Waals surface area contributed by atoms with Gasteiger partial charge >= 0.3 is 0 Å². The fourth-order valence-electron chi connectivity index (χ4n) is 2.98. The Morgan fingerprint density at radius 2 is 2.17 bits per heavy atom. The lowest BCUT2D eigenvalue weighted by atomic mass is 10.0. The summed E-state index contributed by atoms with van der Waals surface area (Å²) in [6.45, 7) is 6.67. The van der Waals surface area contributed by atoms with Crippen molar-refractivity contribution >= 4 is 11.6 Å². The summed E-state index contributed by atoms with van der Waals surface area (Å²) in [6.07, 6.45) is 1.10. The minimum Gasteiger partial charge on any atom is -0.478 e. The van der Waals surface area contributed by atoms with Crippen molar-refractivity contribution in [2.75, 3.05) is 0 Å². The van der Waals surface area contributed by atoms with E-state index in [4.69, 9.17) is 16.3 Å². The second-order valence-electron chi connectivity index (χ2n) is 4.83. The van der Waals surface area contributed by atoms with Gasteiger partial charge in [0.2, 0.25) is 0 Å². The van der Waals surface area contributed by atoms with E-state index in [-0.39, 0.29) is 11.0 Å². The summed E-state index contributed by atoms with van der Waals surface area (Å²) in [5.41, 5.74) is 1.79. The highest BCUT2D eigenvalue weighted by atomic mass is 35.5. The SMILES string of the molecule is CC1=C2OC23C(CC1Cl)C3(C)C. The average Bonchev–Trinajstić information content (AvgIpc) is 2.80. The molecule has 12 heavy (non-hydrogen) atoms. The van der Waals surface area contributed by atoms with Crippen LogP contribution in [0.5, 0.6) is 0 Å². The highest BCUT2D eigenvalue weighted by Gasteiger charge is 2.86. The second-order valence-corrected chi connectivity index (χ2v) is 5.35. The highest BCUT2D eigenvalue weighted by Crippen LogP contribution is 2.81. The highest BCUT2D eigenvalue weighted by molar-refractivity contribution is 6.22. The number of rotatable bonds is 0. The lowest BCUT2D eigenvalue weighted by molar-refractivity contribution is 0.361. The summed E-state index contributed by atoms with van der Waals surface area (Å²) in [4.78, 5) is 0. The fourth-order valence-corrected chi connectivity index (χ4v) is 3.25. The van der Waals surface area contributed by atoms with Crippen molar-refractivity contribution < 1.29 is 4.74 Å². The molecule has 2 heteroatoms. The molecule has 0 aromatic rings. The number of ether oxygens (including phenoxy) is 1. The van der Waals surface area contributed by atoms with Crippen LogP contribution in [-0.4, -0.2) is 11.0 Å². The maximum Gasteiger partial charge on any atom is 0.174 e. The van der Waals surface area contributed by atoms with E-state index >= 15 is 0 Å². The van der Waals surface area contributed by atoms with Gasteiger partial charge < -0.3 is 4.74 Å². The van der Waals surface area contributed by atoms with Crippen molar-refractivity contribution in [3.63, 3.8) is 0 Å². The van der Waals surface area contributed by atoms with Crippen LogP contribution in [0.3, 0.4) is 0 Å². The molecule has 1 spiro atoms. The fraction of sp³-hybridized carbons (Fsp3) is 0.800. The molecular weight excluding hydrogens is 172 g/mol. The van der Waals surface area contributed by atoms with Crippen LogP contribution in [0, 0.1) is 11.3 Å². The number of allylic oxidation sites excluding steroid dienone is 1. The van der Waals surface area contributed by atoms with E-state index < -0.39 is 0 Å². The van der Waals surface area contributed by atoms with E-state index in [9.17, 15) is 0 Å². The Bertz CT molecular complexity index is 305. The number of halogens is 1. The smallest absolute Gasteiger partial charge is 0.174 e. The summed E-state index contributed by atoms with van der Waals surface area (Å²) in [5.74, 6) is 1.90. The lowest BCUT2D eigenvalue weighted by Crippen LogP contribution is -2.08. The van der Waals surface area contributed by atoms with Gasteiger partial charge in [-0.05, 0) is 18.9 Å². The monoisotopic (exact) mass is 184 g/mol. The third-order valence-electron chi connectivity index (χ3n) is 4.07. The predicted octanol–water partition coefficient (Wildman–Crippen LogP) is 2.70. The first-order valence-electron chi connectivity index (χ1n) is 4.56. The molecule has 1 heterocycles. The van der Waals surface area contributed by atoms with Crippen LogP contribution in [0.4, 0.5) is 0 Å². The quantitative estimate of drug-likeness (QED) is 0.417. The summed E-state index contributed by atoms with van der Waals surface area (Å²) in [6, 6.07) is 0. The van der Waals surface area contributed by atoms with Crippen LogP contribution in [0.15, 0.2) is 11.3 Å². The van der Waals surface area contributed by atoms with Gasteiger partial charge in [0.1, 0.15) is 5.76 Å². The molecule has 3 atom stereocenters. The maximum absolute atomic E-state index is 6.20. The Kier molecular flexibility index (Phi) is 0.948. The molecule has 2 fully saturated rings. The van der Waals surface area contributed by atoms with Gasteiger partial charge in [0, 0.05) is 11.3 Å². The first-order chi connectivity index (χ1) is 5.52. The first kappa shape index (κ1) is 7.25. The van der Waals surface area contributed by atoms with E-state index in [1.807, 2.05) is 0 Å². The summed E-state index contributed by atoms with van der Waals surface area (Å²) >= 11 is 6.20. The van der Waals surface area contributed by atoms with Crippen LogP contribution in [0.2, 0.25) is 0 Å². The second kappa shape index (κ2) is 1.57. The summed E-state index contributed by atoms with van der Waals surface area (Å²) < 4.78 is 5.73. The van der Waals surface area contributed by atoms with Crippen LogP contribution in [0.1, 0.15) is 27.2 Å². The van der Waals surface area contributed by atoms with Gasteiger partial charge in [0.25, 0.3) is 0 Å². The molecule has 0 bridgehead atoms. The Hall–Kier alpha value is -0.170. The van der Waals surface area contributed by atoms with Crippen molar-refractivity contribution in [3.8, 4) is 0 Å². The Balaban J connectivity index is 2.09.